The quantitative estimate of drug-likeness (QED) is 0.860. The summed E-state index contributed by atoms with van der Waals surface area (Å²) < 4.78 is 6.12. The van der Waals surface area contributed by atoms with Crippen molar-refractivity contribution in [3.8, 4) is 0 Å². The fourth-order valence-electron chi connectivity index (χ4n) is 2.82. The molecule has 0 bridgehead atoms. The van der Waals surface area contributed by atoms with E-state index in [0.717, 1.165) is 10.2 Å². The number of hydrogen-bond donors (Lipinski definition) is 2. The SMILES string of the molecule is CC(C)(C)OC(=O)NC1(C(=O)O)CCN(c2ncnc3ccsc23)C1. The zero-order valence-corrected chi connectivity index (χ0v) is 15.1. The molecule has 3 rings (SSSR count). The highest BCUT2D eigenvalue weighted by atomic mass is 32.1. The van der Waals surface area contributed by atoms with Crippen molar-refractivity contribution in [2.45, 2.75) is 38.3 Å². The number of thiophene rings is 1. The topological polar surface area (TPSA) is 105 Å². The van der Waals surface area contributed by atoms with Gasteiger partial charge in [-0.2, -0.15) is 0 Å². The Morgan fingerprint density at radius 2 is 2.16 bits per heavy atom. The molecular weight excluding hydrogens is 344 g/mol. The minimum absolute atomic E-state index is 0.117. The lowest BCUT2D eigenvalue weighted by molar-refractivity contribution is -0.143. The zero-order chi connectivity index (χ0) is 18.2. The number of carboxylic acid groups (broad SMARTS) is 1. The van der Waals surface area contributed by atoms with E-state index in [0.29, 0.717) is 12.4 Å². The third kappa shape index (κ3) is 3.51. The van der Waals surface area contributed by atoms with E-state index in [9.17, 15) is 14.7 Å². The first-order valence-corrected chi connectivity index (χ1v) is 8.76. The normalized spacial score (nSPS) is 20.7. The van der Waals surface area contributed by atoms with E-state index in [4.69, 9.17) is 4.74 Å². The van der Waals surface area contributed by atoms with E-state index in [-0.39, 0.29) is 13.0 Å². The molecule has 2 aromatic heterocycles. The summed E-state index contributed by atoms with van der Waals surface area (Å²) in [7, 11) is 0. The van der Waals surface area contributed by atoms with Gasteiger partial charge in [-0.15, -0.1) is 11.3 Å². The summed E-state index contributed by atoms with van der Waals surface area (Å²) in [5.74, 6) is -0.397. The first-order chi connectivity index (χ1) is 11.7. The summed E-state index contributed by atoms with van der Waals surface area (Å²) in [4.78, 5) is 34.4. The molecule has 1 unspecified atom stereocenters. The lowest BCUT2D eigenvalue weighted by Gasteiger charge is -2.28. The number of ether oxygens (including phenoxy) is 1. The van der Waals surface area contributed by atoms with Crippen molar-refractivity contribution < 1.29 is 19.4 Å². The van der Waals surface area contributed by atoms with Crippen molar-refractivity contribution in [3.05, 3.63) is 17.8 Å². The third-order valence-corrected chi connectivity index (χ3v) is 4.84. The molecule has 8 nitrogen and oxygen atoms in total. The molecular formula is C16H20N4O4S. The minimum Gasteiger partial charge on any atom is -0.479 e. The molecule has 1 aliphatic heterocycles. The monoisotopic (exact) mass is 364 g/mol. The molecule has 1 aliphatic rings. The van der Waals surface area contributed by atoms with Crippen LogP contribution in [0.1, 0.15) is 27.2 Å². The highest BCUT2D eigenvalue weighted by molar-refractivity contribution is 7.17. The van der Waals surface area contributed by atoms with Crippen molar-refractivity contribution >= 4 is 39.4 Å². The maximum Gasteiger partial charge on any atom is 0.408 e. The summed E-state index contributed by atoms with van der Waals surface area (Å²) >= 11 is 1.50. The fraction of sp³-hybridized carbons (Fsp3) is 0.500. The molecule has 0 aromatic carbocycles. The molecule has 1 amide bonds. The molecule has 2 aromatic rings. The molecule has 1 atom stereocenters. The summed E-state index contributed by atoms with van der Waals surface area (Å²) in [5, 5.41) is 14.2. The van der Waals surface area contributed by atoms with E-state index in [1.54, 1.807) is 20.8 Å². The van der Waals surface area contributed by atoms with Gasteiger partial charge in [-0.3, -0.25) is 0 Å². The molecule has 9 heteroatoms. The zero-order valence-electron chi connectivity index (χ0n) is 14.3. The van der Waals surface area contributed by atoms with Gasteiger partial charge in [0, 0.05) is 13.0 Å². The molecule has 0 aliphatic carbocycles. The smallest absolute Gasteiger partial charge is 0.408 e. The fourth-order valence-corrected chi connectivity index (χ4v) is 3.68. The number of nitrogens with zero attached hydrogens (tertiary/aromatic N) is 3. The number of amides is 1. The van der Waals surface area contributed by atoms with Crippen molar-refractivity contribution in [2.24, 2.45) is 0 Å². The number of fused-ring (bicyclic) bond motifs is 1. The molecule has 134 valence electrons. The lowest BCUT2D eigenvalue weighted by Crippen LogP contribution is -2.57. The van der Waals surface area contributed by atoms with Gasteiger partial charge in [-0.05, 0) is 32.2 Å². The van der Waals surface area contributed by atoms with Crippen LogP contribution in [0.2, 0.25) is 0 Å². The van der Waals surface area contributed by atoms with E-state index in [1.807, 2.05) is 16.3 Å². The molecule has 1 saturated heterocycles. The van der Waals surface area contributed by atoms with Crippen LogP contribution >= 0.6 is 11.3 Å². The Labute approximate surface area is 148 Å². The number of carbonyl (C=O) groups is 2. The van der Waals surface area contributed by atoms with Gasteiger partial charge in [0.25, 0.3) is 0 Å². The number of carbonyl (C=O) groups excluding carboxylic acids is 1. The van der Waals surface area contributed by atoms with Crippen LogP contribution in [0.4, 0.5) is 10.6 Å². The average molecular weight is 364 g/mol. The Bertz CT molecular complexity index is 816. The first kappa shape index (κ1) is 17.4. The van der Waals surface area contributed by atoms with E-state index < -0.39 is 23.2 Å². The largest absolute Gasteiger partial charge is 0.479 e. The molecule has 3 heterocycles. The number of hydrogen-bond acceptors (Lipinski definition) is 7. The molecule has 0 saturated carbocycles. The van der Waals surface area contributed by atoms with Gasteiger partial charge in [0.15, 0.2) is 5.54 Å². The lowest BCUT2D eigenvalue weighted by atomic mass is 9.99. The standard InChI is InChI=1S/C16H20N4O4S/c1-15(2,3)24-14(23)19-16(13(21)22)5-6-20(8-16)12-11-10(4-7-25-11)17-9-18-12/h4,7,9H,5-6,8H2,1-3H3,(H,19,23)(H,21,22). The number of aromatic nitrogens is 2. The van der Waals surface area contributed by atoms with Crippen LogP contribution in [-0.4, -0.2) is 51.4 Å². The summed E-state index contributed by atoms with van der Waals surface area (Å²) in [6.45, 7) is 5.78. The van der Waals surface area contributed by atoms with Crippen LogP contribution in [0, 0.1) is 0 Å². The highest BCUT2D eigenvalue weighted by Gasteiger charge is 2.47. The number of rotatable bonds is 3. The Morgan fingerprint density at radius 1 is 1.40 bits per heavy atom. The van der Waals surface area contributed by atoms with Gasteiger partial charge in [-0.1, -0.05) is 0 Å². The Kier molecular flexibility index (Phi) is 4.28. The second-order valence-corrected chi connectivity index (χ2v) is 7.93. The van der Waals surface area contributed by atoms with Crippen LogP contribution in [0.15, 0.2) is 17.8 Å². The number of nitrogens with one attached hydrogen (secondary N) is 1. The second-order valence-electron chi connectivity index (χ2n) is 7.02. The maximum atomic E-state index is 12.1. The van der Waals surface area contributed by atoms with Crippen molar-refractivity contribution in [1.29, 1.82) is 0 Å². The van der Waals surface area contributed by atoms with Crippen molar-refractivity contribution in [3.63, 3.8) is 0 Å². The van der Waals surface area contributed by atoms with Crippen LogP contribution in [0.5, 0.6) is 0 Å². The van der Waals surface area contributed by atoms with E-state index in [2.05, 4.69) is 15.3 Å². The van der Waals surface area contributed by atoms with Crippen LogP contribution in [0.25, 0.3) is 10.2 Å². The van der Waals surface area contributed by atoms with Crippen LogP contribution in [0.3, 0.4) is 0 Å². The molecule has 1 fully saturated rings. The van der Waals surface area contributed by atoms with E-state index in [1.165, 1.54) is 17.7 Å². The Hall–Kier alpha value is -2.42. The van der Waals surface area contributed by atoms with Gasteiger partial charge in [-0.25, -0.2) is 19.6 Å². The molecule has 0 radical (unpaired) electrons. The molecule has 2 N–H and O–H groups in total. The predicted octanol–water partition coefficient (Wildman–Crippen LogP) is 2.25. The van der Waals surface area contributed by atoms with Crippen LogP contribution in [-0.2, 0) is 9.53 Å². The van der Waals surface area contributed by atoms with Gasteiger partial charge in [0.2, 0.25) is 0 Å². The maximum absolute atomic E-state index is 12.1. The van der Waals surface area contributed by atoms with Gasteiger partial charge in [0.05, 0.1) is 16.8 Å². The van der Waals surface area contributed by atoms with Gasteiger partial charge >= 0.3 is 12.1 Å². The minimum atomic E-state index is -1.41. The second kappa shape index (κ2) is 6.14. The molecule has 0 spiro atoms. The summed E-state index contributed by atoms with van der Waals surface area (Å²) in [6.07, 6.45) is 0.992. The van der Waals surface area contributed by atoms with Gasteiger partial charge in [0.1, 0.15) is 17.7 Å². The average Bonchev–Trinajstić information content (AvgIpc) is 3.11. The van der Waals surface area contributed by atoms with Crippen molar-refractivity contribution in [1.82, 2.24) is 15.3 Å². The number of carboxylic acids is 1. The van der Waals surface area contributed by atoms with Crippen molar-refractivity contribution in [2.75, 3.05) is 18.0 Å². The predicted molar refractivity (Wildman–Crippen MR) is 94.0 cm³/mol. The summed E-state index contributed by atoms with van der Waals surface area (Å²) in [6, 6.07) is 1.89. The third-order valence-electron chi connectivity index (χ3n) is 3.94. The first-order valence-electron chi connectivity index (χ1n) is 7.88. The Morgan fingerprint density at radius 3 is 2.84 bits per heavy atom. The number of aliphatic carboxylic acids is 1. The Balaban J connectivity index is 1.83. The molecule has 25 heavy (non-hydrogen) atoms. The number of anilines is 1. The van der Waals surface area contributed by atoms with E-state index >= 15 is 0 Å². The number of alkyl carbamates (subject to hydrolysis) is 1. The summed E-state index contributed by atoms with van der Waals surface area (Å²) in [5.41, 5.74) is -1.28. The van der Waals surface area contributed by atoms with Gasteiger partial charge < -0.3 is 20.1 Å². The van der Waals surface area contributed by atoms with Crippen LogP contribution < -0.4 is 10.2 Å². The highest BCUT2D eigenvalue weighted by Crippen LogP contribution is 2.33.